The number of ether oxygens (including phenoxy) is 1. The average molecular weight is 356 g/mol. The first-order valence-electron chi connectivity index (χ1n) is 6.82. The van der Waals surface area contributed by atoms with Crippen LogP contribution in [0.5, 0.6) is 0 Å². The third kappa shape index (κ3) is 4.42. The fraction of sp³-hybridized carbons (Fsp3) is 0.500. The third-order valence-electron chi connectivity index (χ3n) is 3.57. The second-order valence-electron chi connectivity index (χ2n) is 5.00. The predicted molar refractivity (Wildman–Crippen MR) is 81.0 cm³/mol. The van der Waals surface area contributed by atoms with Crippen molar-refractivity contribution in [2.45, 2.75) is 12.8 Å². The lowest BCUT2D eigenvalue weighted by molar-refractivity contribution is 0.0914. The van der Waals surface area contributed by atoms with Crippen LogP contribution >= 0.6 is 15.9 Å². The van der Waals surface area contributed by atoms with Gasteiger partial charge in [-0.1, -0.05) is 0 Å². The first-order valence-corrected chi connectivity index (χ1v) is 7.61. The highest BCUT2D eigenvalue weighted by atomic mass is 79.9. The number of amides is 2. The second kappa shape index (κ2) is 7.40. The molecule has 1 aromatic heterocycles. The van der Waals surface area contributed by atoms with Crippen LogP contribution in [0.25, 0.3) is 0 Å². The quantitative estimate of drug-likeness (QED) is 0.900. The van der Waals surface area contributed by atoms with Crippen molar-refractivity contribution in [2.75, 3.05) is 26.7 Å². The molecule has 1 fully saturated rings. The maximum Gasteiger partial charge on any atom is 0.409 e. The number of rotatable bonds is 3. The van der Waals surface area contributed by atoms with E-state index < -0.39 is 0 Å². The van der Waals surface area contributed by atoms with Gasteiger partial charge in [-0.3, -0.25) is 9.78 Å². The van der Waals surface area contributed by atoms with E-state index in [-0.39, 0.29) is 12.0 Å². The summed E-state index contributed by atoms with van der Waals surface area (Å²) in [5.41, 5.74) is 0.538. The third-order valence-corrected chi connectivity index (χ3v) is 4.00. The number of methoxy groups -OCH3 is 1. The number of halogens is 1. The van der Waals surface area contributed by atoms with Crippen LogP contribution in [0.15, 0.2) is 22.9 Å². The number of nitrogens with one attached hydrogen (secondary N) is 1. The number of pyridine rings is 1. The smallest absolute Gasteiger partial charge is 0.409 e. The van der Waals surface area contributed by atoms with Crippen LogP contribution in [0, 0.1) is 5.92 Å². The Kier molecular flexibility index (Phi) is 5.55. The van der Waals surface area contributed by atoms with Gasteiger partial charge < -0.3 is 15.0 Å². The predicted octanol–water partition coefficient (Wildman–Crippen LogP) is 2.05. The summed E-state index contributed by atoms with van der Waals surface area (Å²) in [5, 5.41) is 2.92. The molecule has 6 nitrogen and oxygen atoms in total. The van der Waals surface area contributed by atoms with Crippen molar-refractivity contribution in [3.63, 3.8) is 0 Å². The zero-order valence-corrected chi connectivity index (χ0v) is 13.4. The minimum atomic E-state index is -0.280. The first-order chi connectivity index (χ1) is 10.1. The minimum absolute atomic E-state index is 0.126. The number of piperidine rings is 1. The van der Waals surface area contributed by atoms with Crippen molar-refractivity contribution in [2.24, 2.45) is 5.92 Å². The van der Waals surface area contributed by atoms with Crippen molar-refractivity contribution in [3.8, 4) is 0 Å². The molecule has 2 rings (SSSR count). The molecule has 1 aliphatic rings. The zero-order valence-electron chi connectivity index (χ0n) is 11.8. The number of hydrogen-bond acceptors (Lipinski definition) is 4. The SMILES string of the molecule is COC(=O)N1CCC(CNC(=O)c2cncc(Br)c2)CC1. The highest BCUT2D eigenvalue weighted by Crippen LogP contribution is 2.17. The maximum atomic E-state index is 12.0. The van der Waals surface area contributed by atoms with E-state index >= 15 is 0 Å². The molecule has 0 spiro atoms. The van der Waals surface area contributed by atoms with Crippen molar-refractivity contribution in [1.29, 1.82) is 0 Å². The van der Waals surface area contributed by atoms with Gasteiger partial charge >= 0.3 is 6.09 Å². The molecular weight excluding hydrogens is 338 g/mol. The topological polar surface area (TPSA) is 71.5 Å². The summed E-state index contributed by atoms with van der Waals surface area (Å²) in [5.74, 6) is 0.258. The van der Waals surface area contributed by atoms with Gasteiger partial charge in [0.15, 0.2) is 0 Å². The summed E-state index contributed by atoms with van der Waals surface area (Å²) < 4.78 is 5.48. The van der Waals surface area contributed by atoms with Crippen LogP contribution in [-0.2, 0) is 4.74 Å². The number of hydrogen-bond donors (Lipinski definition) is 1. The Morgan fingerprint density at radius 1 is 1.43 bits per heavy atom. The van der Waals surface area contributed by atoms with Crippen molar-refractivity contribution >= 4 is 27.9 Å². The highest BCUT2D eigenvalue weighted by Gasteiger charge is 2.23. The van der Waals surface area contributed by atoms with Crippen molar-refractivity contribution < 1.29 is 14.3 Å². The van der Waals surface area contributed by atoms with Crippen LogP contribution in [-0.4, -0.2) is 48.6 Å². The number of nitrogens with zero attached hydrogens (tertiary/aromatic N) is 2. The zero-order chi connectivity index (χ0) is 15.2. The van der Waals surface area contributed by atoms with Crippen molar-refractivity contribution in [1.82, 2.24) is 15.2 Å². The van der Waals surface area contributed by atoms with E-state index in [2.05, 4.69) is 26.2 Å². The molecule has 0 bridgehead atoms. The highest BCUT2D eigenvalue weighted by molar-refractivity contribution is 9.10. The van der Waals surface area contributed by atoms with E-state index in [1.807, 2.05) is 0 Å². The molecule has 0 atom stereocenters. The fourth-order valence-corrected chi connectivity index (χ4v) is 2.69. The molecule has 7 heteroatoms. The molecular formula is C14H18BrN3O3. The van der Waals surface area contributed by atoms with Crippen LogP contribution in [0.1, 0.15) is 23.2 Å². The van der Waals surface area contributed by atoms with E-state index in [1.54, 1.807) is 23.4 Å². The van der Waals surface area contributed by atoms with Crippen LogP contribution in [0.2, 0.25) is 0 Å². The first kappa shape index (κ1) is 15.8. The Morgan fingerprint density at radius 3 is 2.76 bits per heavy atom. The standard InChI is InChI=1S/C14H18BrN3O3/c1-21-14(20)18-4-2-10(3-5-18)7-17-13(19)11-6-12(15)9-16-8-11/h6,8-10H,2-5,7H2,1H3,(H,17,19). The summed E-state index contributed by atoms with van der Waals surface area (Å²) in [6, 6.07) is 1.74. The number of aromatic nitrogens is 1. The number of carbonyl (C=O) groups excluding carboxylic acids is 2. The van der Waals surface area contributed by atoms with Gasteiger partial charge in [0.05, 0.1) is 12.7 Å². The largest absolute Gasteiger partial charge is 0.453 e. The molecule has 1 saturated heterocycles. The van der Waals surface area contributed by atoms with E-state index in [1.165, 1.54) is 7.11 Å². The Labute approximate surface area is 132 Å². The van der Waals surface area contributed by atoms with Gasteiger partial charge in [0, 0.05) is 36.5 Å². The molecule has 2 heterocycles. The molecule has 0 unspecified atom stereocenters. The normalized spacial score (nSPS) is 15.6. The monoisotopic (exact) mass is 355 g/mol. The van der Waals surface area contributed by atoms with Crippen LogP contribution in [0.4, 0.5) is 4.79 Å². The minimum Gasteiger partial charge on any atom is -0.453 e. The number of carbonyl (C=O) groups is 2. The molecule has 0 saturated carbocycles. The molecule has 114 valence electrons. The Bertz CT molecular complexity index is 516. The molecule has 1 aliphatic heterocycles. The molecule has 1 N–H and O–H groups in total. The summed E-state index contributed by atoms with van der Waals surface area (Å²) in [7, 11) is 1.39. The van der Waals surface area contributed by atoms with E-state index in [0.29, 0.717) is 31.1 Å². The molecule has 0 aliphatic carbocycles. The van der Waals surface area contributed by atoms with Gasteiger partial charge in [0.1, 0.15) is 0 Å². The van der Waals surface area contributed by atoms with Gasteiger partial charge in [0.25, 0.3) is 5.91 Å². The average Bonchev–Trinajstić information content (AvgIpc) is 2.52. The van der Waals surface area contributed by atoms with Crippen LogP contribution in [0.3, 0.4) is 0 Å². The van der Waals surface area contributed by atoms with Crippen molar-refractivity contribution in [3.05, 3.63) is 28.5 Å². The van der Waals surface area contributed by atoms with Crippen LogP contribution < -0.4 is 5.32 Å². The Morgan fingerprint density at radius 2 is 2.14 bits per heavy atom. The maximum absolute atomic E-state index is 12.0. The molecule has 0 radical (unpaired) electrons. The van der Waals surface area contributed by atoms with Gasteiger partial charge in [-0.2, -0.15) is 0 Å². The summed E-state index contributed by atoms with van der Waals surface area (Å²) >= 11 is 3.29. The fourth-order valence-electron chi connectivity index (χ4n) is 2.32. The Hall–Kier alpha value is -1.63. The van der Waals surface area contributed by atoms with Gasteiger partial charge in [-0.25, -0.2) is 4.79 Å². The lowest BCUT2D eigenvalue weighted by Gasteiger charge is -2.30. The summed E-state index contributed by atoms with van der Waals surface area (Å²) in [4.78, 5) is 29.0. The summed E-state index contributed by atoms with van der Waals surface area (Å²) in [6.07, 6.45) is 4.63. The van der Waals surface area contributed by atoms with E-state index in [4.69, 9.17) is 4.74 Å². The molecule has 21 heavy (non-hydrogen) atoms. The molecule has 2 amide bonds. The lowest BCUT2D eigenvalue weighted by Crippen LogP contribution is -2.41. The molecule has 0 aromatic carbocycles. The van der Waals surface area contributed by atoms with Gasteiger partial charge in [-0.05, 0) is 40.8 Å². The van der Waals surface area contributed by atoms with Gasteiger partial charge in [-0.15, -0.1) is 0 Å². The van der Waals surface area contributed by atoms with Gasteiger partial charge in [0.2, 0.25) is 0 Å². The molecule has 1 aromatic rings. The second-order valence-corrected chi connectivity index (χ2v) is 5.92. The van der Waals surface area contributed by atoms with E-state index in [0.717, 1.165) is 17.3 Å². The number of likely N-dealkylation sites (tertiary alicyclic amines) is 1. The summed E-state index contributed by atoms with van der Waals surface area (Å²) in [6.45, 7) is 1.96. The lowest BCUT2D eigenvalue weighted by atomic mass is 9.97. The van der Waals surface area contributed by atoms with E-state index in [9.17, 15) is 9.59 Å². The Balaban J connectivity index is 1.77.